The van der Waals surface area contributed by atoms with E-state index in [0.717, 1.165) is 5.56 Å². The fourth-order valence-electron chi connectivity index (χ4n) is 1.29. The first-order valence-corrected chi connectivity index (χ1v) is 4.44. The number of methoxy groups -OCH3 is 1. The minimum atomic E-state index is 0.435. The van der Waals surface area contributed by atoms with Crippen LogP contribution in [0.15, 0.2) is 22.6 Å². The maximum Gasteiger partial charge on any atom is 0.251 e. The second-order valence-electron chi connectivity index (χ2n) is 3.09. The zero-order valence-electron chi connectivity index (χ0n) is 8.52. The number of aryl methyl sites for hydroxylation is 1. The lowest BCUT2D eigenvalue weighted by atomic mass is 10.2. The molecule has 0 radical (unpaired) electrons. The summed E-state index contributed by atoms with van der Waals surface area (Å²) in [5.74, 6) is 1.58. The van der Waals surface area contributed by atoms with E-state index < -0.39 is 0 Å². The zero-order chi connectivity index (χ0) is 10.8. The Kier molecular flexibility index (Phi) is 2.29. The van der Waals surface area contributed by atoms with Crippen molar-refractivity contribution < 1.29 is 9.15 Å². The Bertz CT molecular complexity index is 479. The number of ether oxygens (including phenoxy) is 1. The van der Waals surface area contributed by atoms with Gasteiger partial charge in [0, 0.05) is 18.7 Å². The summed E-state index contributed by atoms with van der Waals surface area (Å²) in [6.45, 7) is 1.74. The Morgan fingerprint density at radius 3 is 2.73 bits per heavy atom. The van der Waals surface area contributed by atoms with Crippen LogP contribution < -0.4 is 10.5 Å². The average Bonchev–Trinajstić information content (AvgIpc) is 2.64. The summed E-state index contributed by atoms with van der Waals surface area (Å²) in [5, 5.41) is 7.67. The molecule has 5 heteroatoms. The molecule has 2 aromatic rings. The molecule has 0 aliphatic carbocycles. The Morgan fingerprint density at radius 1 is 1.33 bits per heavy atom. The highest BCUT2D eigenvalue weighted by molar-refractivity contribution is 5.66. The van der Waals surface area contributed by atoms with Gasteiger partial charge in [-0.15, -0.1) is 10.2 Å². The van der Waals surface area contributed by atoms with Crippen molar-refractivity contribution in [1.82, 2.24) is 10.2 Å². The molecule has 0 saturated carbocycles. The van der Waals surface area contributed by atoms with Gasteiger partial charge in [0.2, 0.25) is 5.89 Å². The van der Waals surface area contributed by atoms with Gasteiger partial charge in [-0.25, -0.2) is 0 Å². The summed E-state index contributed by atoms with van der Waals surface area (Å²) in [6.07, 6.45) is 0. The standard InChI is InChI=1S/C10H11N3O2/c1-6-12-13-10(15-6)8-4-3-7(11)5-9(8)14-2/h3-5H,11H2,1-2H3. The van der Waals surface area contributed by atoms with Crippen LogP contribution >= 0.6 is 0 Å². The van der Waals surface area contributed by atoms with Crippen molar-refractivity contribution in [2.24, 2.45) is 0 Å². The molecule has 0 fully saturated rings. The number of hydrogen-bond acceptors (Lipinski definition) is 5. The number of nitrogens with zero attached hydrogens (tertiary/aromatic N) is 2. The lowest BCUT2D eigenvalue weighted by Crippen LogP contribution is -1.91. The van der Waals surface area contributed by atoms with E-state index in [1.54, 1.807) is 32.2 Å². The second kappa shape index (κ2) is 3.61. The largest absolute Gasteiger partial charge is 0.496 e. The fraction of sp³-hybridized carbons (Fsp3) is 0.200. The van der Waals surface area contributed by atoms with Crippen LogP contribution in [0, 0.1) is 6.92 Å². The van der Waals surface area contributed by atoms with Crippen molar-refractivity contribution in [1.29, 1.82) is 0 Å². The van der Waals surface area contributed by atoms with Gasteiger partial charge < -0.3 is 14.9 Å². The molecule has 0 bridgehead atoms. The van der Waals surface area contributed by atoms with Gasteiger partial charge in [0.05, 0.1) is 12.7 Å². The molecule has 0 unspecified atom stereocenters. The predicted molar refractivity (Wildman–Crippen MR) is 55.4 cm³/mol. The molecule has 78 valence electrons. The van der Waals surface area contributed by atoms with Crippen LogP contribution in [0.4, 0.5) is 5.69 Å². The van der Waals surface area contributed by atoms with Crippen LogP contribution in [-0.4, -0.2) is 17.3 Å². The topological polar surface area (TPSA) is 74.2 Å². The van der Waals surface area contributed by atoms with E-state index in [1.165, 1.54) is 0 Å². The van der Waals surface area contributed by atoms with E-state index in [-0.39, 0.29) is 0 Å². The van der Waals surface area contributed by atoms with Crippen molar-refractivity contribution in [2.45, 2.75) is 6.92 Å². The summed E-state index contributed by atoms with van der Waals surface area (Å²) >= 11 is 0. The molecule has 2 N–H and O–H groups in total. The summed E-state index contributed by atoms with van der Waals surface area (Å²) in [6, 6.07) is 5.27. The van der Waals surface area contributed by atoms with Crippen molar-refractivity contribution in [3.05, 3.63) is 24.1 Å². The van der Waals surface area contributed by atoms with E-state index in [0.29, 0.717) is 23.2 Å². The van der Waals surface area contributed by atoms with E-state index in [9.17, 15) is 0 Å². The van der Waals surface area contributed by atoms with Crippen LogP contribution in [0.3, 0.4) is 0 Å². The number of aromatic nitrogens is 2. The maximum atomic E-state index is 5.64. The molecular weight excluding hydrogens is 194 g/mol. The molecule has 0 aliphatic rings. The van der Waals surface area contributed by atoms with E-state index >= 15 is 0 Å². The third kappa shape index (κ3) is 1.76. The minimum absolute atomic E-state index is 0.435. The molecule has 0 saturated heterocycles. The fourth-order valence-corrected chi connectivity index (χ4v) is 1.29. The molecular formula is C10H11N3O2. The van der Waals surface area contributed by atoms with E-state index in [1.807, 2.05) is 0 Å². The molecule has 5 nitrogen and oxygen atoms in total. The van der Waals surface area contributed by atoms with Gasteiger partial charge >= 0.3 is 0 Å². The van der Waals surface area contributed by atoms with Crippen molar-refractivity contribution in [2.75, 3.05) is 12.8 Å². The molecule has 0 amide bonds. The monoisotopic (exact) mass is 205 g/mol. The van der Waals surface area contributed by atoms with Gasteiger partial charge in [0.1, 0.15) is 5.75 Å². The normalized spacial score (nSPS) is 10.3. The number of benzene rings is 1. The molecule has 2 rings (SSSR count). The second-order valence-corrected chi connectivity index (χ2v) is 3.09. The van der Waals surface area contributed by atoms with Gasteiger partial charge in [-0.1, -0.05) is 0 Å². The smallest absolute Gasteiger partial charge is 0.251 e. The molecule has 1 aromatic heterocycles. The summed E-state index contributed by atoms with van der Waals surface area (Å²) in [5.41, 5.74) is 7.01. The quantitative estimate of drug-likeness (QED) is 0.754. The van der Waals surface area contributed by atoms with Gasteiger partial charge in [-0.05, 0) is 12.1 Å². The Morgan fingerprint density at radius 2 is 2.13 bits per heavy atom. The molecule has 1 heterocycles. The summed E-state index contributed by atoms with van der Waals surface area (Å²) in [4.78, 5) is 0. The van der Waals surface area contributed by atoms with E-state index in [2.05, 4.69) is 10.2 Å². The SMILES string of the molecule is COc1cc(N)ccc1-c1nnc(C)o1. The van der Waals surface area contributed by atoms with Crippen LogP contribution in [-0.2, 0) is 0 Å². The molecule has 0 spiro atoms. The first-order valence-electron chi connectivity index (χ1n) is 4.44. The number of anilines is 1. The highest BCUT2D eigenvalue weighted by Crippen LogP contribution is 2.30. The van der Waals surface area contributed by atoms with Gasteiger partial charge in [0.25, 0.3) is 5.89 Å². The predicted octanol–water partition coefficient (Wildman–Crippen LogP) is 1.64. The highest BCUT2D eigenvalue weighted by atomic mass is 16.5. The molecule has 0 aliphatic heterocycles. The van der Waals surface area contributed by atoms with Crippen molar-refractivity contribution in [3.8, 4) is 17.2 Å². The summed E-state index contributed by atoms with van der Waals surface area (Å²) < 4.78 is 10.5. The third-order valence-corrected chi connectivity index (χ3v) is 1.98. The zero-order valence-corrected chi connectivity index (χ0v) is 8.52. The van der Waals surface area contributed by atoms with Crippen LogP contribution in [0.25, 0.3) is 11.5 Å². The number of rotatable bonds is 2. The van der Waals surface area contributed by atoms with Gasteiger partial charge in [-0.2, -0.15) is 0 Å². The Hall–Kier alpha value is -2.04. The van der Waals surface area contributed by atoms with Crippen LogP contribution in [0.2, 0.25) is 0 Å². The van der Waals surface area contributed by atoms with E-state index in [4.69, 9.17) is 14.9 Å². The van der Waals surface area contributed by atoms with Crippen molar-refractivity contribution in [3.63, 3.8) is 0 Å². The average molecular weight is 205 g/mol. The highest BCUT2D eigenvalue weighted by Gasteiger charge is 2.11. The first kappa shape index (κ1) is 9.51. The van der Waals surface area contributed by atoms with Crippen LogP contribution in [0.1, 0.15) is 5.89 Å². The minimum Gasteiger partial charge on any atom is -0.496 e. The number of nitrogen functional groups attached to an aromatic ring is 1. The first-order chi connectivity index (χ1) is 7.20. The van der Waals surface area contributed by atoms with Gasteiger partial charge in [0.15, 0.2) is 0 Å². The molecule has 1 aromatic carbocycles. The lowest BCUT2D eigenvalue weighted by Gasteiger charge is -2.05. The third-order valence-electron chi connectivity index (χ3n) is 1.98. The van der Waals surface area contributed by atoms with Crippen LogP contribution in [0.5, 0.6) is 5.75 Å². The lowest BCUT2D eigenvalue weighted by molar-refractivity contribution is 0.414. The maximum absolute atomic E-state index is 5.64. The molecule has 0 atom stereocenters. The number of hydrogen-bond donors (Lipinski definition) is 1. The Labute approximate surface area is 86.9 Å². The summed E-state index contributed by atoms with van der Waals surface area (Å²) in [7, 11) is 1.57. The Balaban J connectivity index is 2.52. The number of nitrogens with two attached hydrogens (primary N) is 1. The van der Waals surface area contributed by atoms with Gasteiger partial charge in [-0.3, -0.25) is 0 Å². The van der Waals surface area contributed by atoms with Crippen molar-refractivity contribution >= 4 is 5.69 Å². The molecule has 15 heavy (non-hydrogen) atoms.